The van der Waals surface area contributed by atoms with Crippen LogP contribution in [-0.4, -0.2) is 48.3 Å². The van der Waals surface area contributed by atoms with Crippen LogP contribution >= 0.6 is 0 Å². The molecule has 0 bridgehead atoms. The quantitative estimate of drug-likeness (QED) is 0.325. The third kappa shape index (κ3) is 2.86. The maximum atomic E-state index is 8.75. The maximum absolute atomic E-state index is 8.75. The van der Waals surface area contributed by atoms with E-state index >= 15 is 0 Å². The number of ether oxygens (including phenoxy) is 1. The number of oxime groups is 1. The van der Waals surface area contributed by atoms with Crippen molar-refractivity contribution in [1.29, 1.82) is 0 Å². The summed E-state index contributed by atoms with van der Waals surface area (Å²) in [5, 5.41) is 11.9. The van der Waals surface area contributed by atoms with Crippen molar-refractivity contribution in [2.75, 3.05) is 20.2 Å². The summed E-state index contributed by atoms with van der Waals surface area (Å²) >= 11 is 0. The van der Waals surface area contributed by atoms with Crippen LogP contribution in [0.5, 0.6) is 0 Å². The van der Waals surface area contributed by atoms with Crippen LogP contribution < -0.4 is 5.73 Å². The van der Waals surface area contributed by atoms with E-state index in [0.717, 1.165) is 25.9 Å². The van der Waals surface area contributed by atoms with E-state index in [1.165, 1.54) is 0 Å². The van der Waals surface area contributed by atoms with E-state index in [1.807, 2.05) is 6.92 Å². The molecule has 0 amide bonds. The molecule has 0 aliphatic carbocycles. The van der Waals surface area contributed by atoms with Crippen molar-refractivity contribution in [2.45, 2.75) is 38.8 Å². The first-order valence-electron chi connectivity index (χ1n) is 5.88. The average Bonchev–Trinajstić information content (AvgIpc) is 2.31. The molecule has 3 N–H and O–H groups in total. The Bertz CT molecular complexity index is 245. The van der Waals surface area contributed by atoms with Crippen molar-refractivity contribution in [1.82, 2.24) is 4.90 Å². The fourth-order valence-corrected chi connectivity index (χ4v) is 2.37. The van der Waals surface area contributed by atoms with Gasteiger partial charge in [0.05, 0.1) is 12.1 Å². The molecule has 0 aromatic heterocycles. The van der Waals surface area contributed by atoms with Gasteiger partial charge in [-0.3, -0.25) is 4.90 Å². The molecule has 94 valence electrons. The first-order valence-corrected chi connectivity index (χ1v) is 5.88. The van der Waals surface area contributed by atoms with Gasteiger partial charge in [-0.15, -0.1) is 0 Å². The lowest BCUT2D eigenvalue weighted by atomic mass is 9.94. The van der Waals surface area contributed by atoms with Gasteiger partial charge < -0.3 is 15.7 Å². The van der Waals surface area contributed by atoms with Gasteiger partial charge in [-0.25, -0.2) is 0 Å². The van der Waals surface area contributed by atoms with Crippen LogP contribution in [0, 0.1) is 5.92 Å². The molecule has 0 saturated carbocycles. The number of nitrogens with zero attached hydrogens (tertiary/aromatic N) is 2. The molecule has 1 saturated heterocycles. The largest absolute Gasteiger partial charge is 0.409 e. The Hall–Kier alpha value is -0.810. The minimum atomic E-state index is 0.0233. The molecule has 0 radical (unpaired) electrons. The zero-order valence-corrected chi connectivity index (χ0v) is 10.4. The van der Waals surface area contributed by atoms with E-state index in [4.69, 9.17) is 15.7 Å². The summed E-state index contributed by atoms with van der Waals surface area (Å²) in [4.78, 5) is 2.24. The number of hydrogen-bond acceptors (Lipinski definition) is 4. The Kier molecular flexibility index (Phi) is 5.02. The Morgan fingerprint density at radius 1 is 1.69 bits per heavy atom. The smallest absolute Gasteiger partial charge is 0.156 e. The average molecular weight is 229 g/mol. The van der Waals surface area contributed by atoms with Crippen molar-refractivity contribution in [3.63, 3.8) is 0 Å². The summed E-state index contributed by atoms with van der Waals surface area (Å²) in [6, 6.07) is 0.0233. The number of piperidine rings is 1. The Morgan fingerprint density at radius 2 is 2.38 bits per heavy atom. The molecule has 3 unspecified atom stereocenters. The number of rotatable bonds is 4. The Balaban J connectivity index is 2.66. The minimum Gasteiger partial charge on any atom is -0.409 e. The summed E-state index contributed by atoms with van der Waals surface area (Å²) in [7, 11) is 1.75. The molecule has 1 fully saturated rings. The van der Waals surface area contributed by atoms with Crippen LogP contribution in [0.1, 0.15) is 26.7 Å². The lowest BCUT2D eigenvalue weighted by Crippen LogP contribution is -2.52. The van der Waals surface area contributed by atoms with Crippen molar-refractivity contribution in [2.24, 2.45) is 16.8 Å². The summed E-state index contributed by atoms with van der Waals surface area (Å²) < 4.78 is 5.46. The number of amidine groups is 1. The van der Waals surface area contributed by atoms with Gasteiger partial charge in [-0.05, 0) is 25.3 Å². The van der Waals surface area contributed by atoms with Gasteiger partial charge in [0.15, 0.2) is 5.84 Å². The number of hydrogen-bond donors (Lipinski definition) is 2. The predicted molar refractivity (Wildman–Crippen MR) is 63.6 cm³/mol. The zero-order chi connectivity index (χ0) is 12.1. The van der Waals surface area contributed by atoms with Crippen molar-refractivity contribution in [3.05, 3.63) is 0 Å². The highest BCUT2D eigenvalue weighted by Gasteiger charge is 2.31. The number of methoxy groups -OCH3 is 1. The topological polar surface area (TPSA) is 71.1 Å². The van der Waals surface area contributed by atoms with E-state index in [9.17, 15) is 0 Å². The van der Waals surface area contributed by atoms with Crippen LogP contribution in [-0.2, 0) is 4.74 Å². The molecule has 1 aliphatic heterocycles. The molecule has 0 spiro atoms. The Labute approximate surface area is 97.2 Å². The van der Waals surface area contributed by atoms with Crippen molar-refractivity contribution >= 4 is 5.84 Å². The fourth-order valence-electron chi connectivity index (χ4n) is 2.37. The maximum Gasteiger partial charge on any atom is 0.156 e. The zero-order valence-electron chi connectivity index (χ0n) is 10.4. The molecule has 0 aromatic carbocycles. The fraction of sp³-hybridized carbons (Fsp3) is 0.909. The second kappa shape index (κ2) is 6.06. The van der Waals surface area contributed by atoms with E-state index in [-0.39, 0.29) is 12.1 Å². The standard InChI is InChI=1S/C11H23N3O2/c1-4-9(11(12)13-15)14-6-5-8(2)10(7-14)16-3/h8-10,15H,4-7H2,1-3H3,(H2,12,13). The van der Waals surface area contributed by atoms with Crippen LogP contribution in [0.2, 0.25) is 0 Å². The lowest BCUT2D eigenvalue weighted by molar-refractivity contribution is -0.0115. The minimum absolute atomic E-state index is 0.0233. The van der Waals surface area contributed by atoms with E-state index < -0.39 is 0 Å². The second-order valence-electron chi connectivity index (χ2n) is 4.48. The van der Waals surface area contributed by atoms with Gasteiger partial charge in [-0.1, -0.05) is 19.0 Å². The van der Waals surface area contributed by atoms with Crippen molar-refractivity contribution < 1.29 is 9.94 Å². The second-order valence-corrected chi connectivity index (χ2v) is 4.48. The van der Waals surface area contributed by atoms with Gasteiger partial charge >= 0.3 is 0 Å². The molecule has 1 heterocycles. The molecule has 1 aliphatic rings. The molecule has 0 aromatic rings. The molecule has 5 heteroatoms. The highest BCUT2D eigenvalue weighted by Crippen LogP contribution is 2.22. The molecule has 5 nitrogen and oxygen atoms in total. The summed E-state index contributed by atoms with van der Waals surface area (Å²) in [6.07, 6.45) is 2.18. The van der Waals surface area contributed by atoms with Gasteiger partial charge in [0.1, 0.15) is 0 Å². The van der Waals surface area contributed by atoms with Crippen LogP contribution in [0.3, 0.4) is 0 Å². The first kappa shape index (κ1) is 13.3. The SMILES string of the molecule is CCC(C(N)=NO)N1CCC(C)C(OC)C1. The van der Waals surface area contributed by atoms with E-state index in [0.29, 0.717) is 11.8 Å². The van der Waals surface area contributed by atoms with Crippen LogP contribution in [0.25, 0.3) is 0 Å². The van der Waals surface area contributed by atoms with Crippen LogP contribution in [0.4, 0.5) is 0 Å². The van der Waals surface area contributed by atoms with Gasteiger partial charge in [0.25, 0.3) is 0 Å². The van der Waals surface area contributed by atoms with Gasteiger partial charge in [-0.2, -0.15) is 0 Å². The molecular formula is C11H23N3O2. The number of likely N-dealkylation sites (tertiary alicyclic amines) is 1. The highest BCUT2D eigenvalue weighted by atomic mass is 16.5. The lowest BCUT2D eigenvalue weighted by Gasteiger charge is -2.39. The van der Waals surface area contributed by atoms with Gasteiger partial charge in [0, 0.05) is 13.7 Å². The third-order valence-electron chi connectivity index (χ3n) is 3.51. The summed E-state index contributed by atoms with van der Waals surface area (Å²) in [5.41, 5.74) is 5.70. The molecule has 16 heavy (non-hydrogen) atoms. The van der Waals surface area contributed by atoms with E-state index in [2.05, 4.69) is 17.0 Å². The molecule has 1 rings (SSSR count). The normalized spacial score (nSPS) is 30.3. The molecular weight excluding hydrogens is 206 g/mol. The van der Waals surface area contributed by atoms with E-state index in [1.54, 1.807) is 7.11 Å². The van der Waals surface area contributed by atoms with Crippen molar-refractivity contribution in [3.8, 4) is 0 Å². The molecule has 3 atom stereocenters. The highest BCUT2D eigenvalue weighted by molar-refractivity contribution is 5.85. The van der Waals surface area contributed by atoms with Gasteiger partial charge in [0.2, 0.25) is 0 Å². The third-order valence-corrected chi connectivity index (χ3v) is 3.51. The number of nitrogens with two attached hydrogens (primary N) is 1. The Morgan fingerprint density at radius 3 is 2.88 bits per heavy atom. The summed E-state index contributed by atoms with van der Waals surface area (Å²) in [5.74, 6) is 0.873. The summed E-state index contributed by atoms with van der Waals surface area (Å²) in [6.45, 7) is 6.08. The predicted octanol–water partition coefficient (Wildman–Crippen LogP) is 0.868. The van der Waals surface area contributed by atoms with Crippen LogP contribution in [0.15, 0.2) is 5.16 Å². The monoisotopic (exact) mass is 229 g/mol. The first-order chi connectivity index (χ1) is 7.63.